The van der Waals surface area contributed by atoms with Crippen LogP contribution >= 0.6 is 15.9 Å². The van der Waals surface area contributed by atoms with Gasteiger partial charge >= 0.3 is 12.3 Å². The topological polar surface area (TPSA) is 68.4 Å². The quantitative estimate of drug-likeness (QED) is 0.673. The van der Waals surface area contributed by atoms with Crippen LogP contribution in [-0.2, 0) is 10.1 Å². The van der Waals surface area contributed by atoms with Gasteiger partial charge in [0.15, 0.2) is 0 Å². The van der Waals surface area contributed by atoms with Crippen LogP contribution in [0.3, 0.4) is 0 Å². The summed E-state index contributed by atoms with van der Waals surface area (Å²) in [7, 11) is 0. The molecular formula is C10H9BrF3NO4. The molecule has 1 N–H and O–H groups in total. The molecule has 0 amide bonds. The molecule has 5 nitrogen and oxygen atoms in total. The van der Waals surface area contributed by atoms with E-state index < -0.39 is 23.8 Å². The van der Waals surface area contributed by atoms with Gasteiger partial charge in [-0.15, -0.1) is 13.2 Å². The maximum absolute atomic E-state index is 12.1. The van der Waals surface area contributed by atoms with Crippen LogP contribution in [0.15, 0.2) is 10.9 Å². The van der Waals surface area contributed by atoms with E-state index in [1.807, 2.05) is 4.98 Å². The van der Waals surface area contributed by atoms with E-state index in [-0.39, 0.29) is 23.1 Å². The SMILES string of the molecule is CCOC(=O)c1cc(OC(F)(F)F)[nH]c(=O)c1CBr. The largest absolute Gasteiger partial charge is 0.574 e. The van der Waals surface area contributed by atoms with Crippen molar-refractivity contribution in [3.8, 4) is 5.88 Å². The molecule has 1 aromatic heterocycles. The van der Waals surface area contributed by atoms with Gasteiger partial charge in [0.25, 0.3) is 5.56 Å². The monoisotopic (exact) mass is 343 g/mol. The zero-order valence-electron chi connectivity index (χ0n) is 9.64. The predicted molar refractivity (Wildman–Crippen MR) is 62.3 cm³/mol. The van der Waals surface area contributed by atoms with E-state index in [9.17, 15) is 22.8 Å². The zero-order valence-corrected chi connectivity index (χ0v) is 11.2. The van der Waals surface area contributed by atoms with Crippen molar-refractivity contribution in [2.45, 2.75) is 18.6 Å². The molecule has 1 heterocycles. The first-order valence-electron chi connectivity index (χ1n) is 5.03. The Labute approximate surface area is 113 Å². The molecule has 0 aliphatic rings. The fourth-order valence-corrected chi connectivity index (χ4v) is 1.82. The Morgan fingerprint density at radius 3 is 2.58 bits per heavy atom. The second-order valence-electron chi connectivity index (χ2n) is 3.26. The standard InChI is InChI=1S/C10H9BrF3NO4/c1-2-18-9(17)5-3-7(19-10(12,13)14)15-8(16)6(5)4-11/h3H,2,4H2,1H3,(H,15,16). The van der Waals surface area contributed by atoms with Crippen molar-refractivity contribution in [3.05, 3.63) is 27.5 Å². The Hall–Kier alpha value is -1.51. The maximum Gasteiger partial charge on any atom is 0.574 e. The number of H-pyrrole nitrogens is 1. The maximum atomic E-state index is 12.1. The van der Waals surface area contributed by atoms with E-state index >= 15 is 0 Å². The van der Waals surface area contributed by atoms with E-state index in [4.69, 9.17) is 0 Å². The third-order valence-corrected chi connectivity index (χ3v) is 2.53. The molecule has 0 saturated carbocycles. The highest BCUT2D eigenvalue weighted by Crippen LogP contribution is 2.22. The van der Waals surface area contributed by atoms with Crippen molar-refractivity contribution >= 4 is 21.9 Å². The van der Waals surface area contributed by atoms with Gasteiger partial charge in [-0.25, -0.2) is 4.79 Å². The number of nitrogens with one attached hydrogen (secondary N) is 1. The molecule has 0 unspecified atom stereocenters. The summed E-state index contributed by atoms with van der Waals surface area (Å²) in [6.45, 7) is 1.56. The Morgan fingerprint density at radius 1 is 1.47 bits per heavy atom. The van der Waals surface area contributed by atoms with Crippen molar-refractivity contribution in [3.63, 3.8) is 0 Å². The Kier molecular flexibility index (Phi) is 4.98. The third kappa shape index (κ3) is 4.27. The number of esters is 1. The molecule has 1 rings (SSSR count). The number of ether oxygens (including phenoxy) is 2. The molecule has 0 radical (unpaired) electrons. The lowest BCUT2D eigenvalue weighted by Crippen LogP contribution is -2.24. The number of rotatable bonds is 4. The second kappa shape index (κ2) is 6.09. The van der Waals surface area contributed by atoms with Crippen LogP contribution < -0.4 is 10.3 Å². The number of hydrogen-bond donors (Lipinski definition) is 1. The number of pyridine rings is 1. The van der Waals surface area contributed by atoms with Gasteiger partial charge < -0.3 is 9.47 Å². The molecule has 0 atom stereocenters. The molecule has 9 heteroatoms. The lowest BCUT2D eigenvalue weighted by molar-refractivity contribution is -0.276. The molecule has 0 saturated heterocycles. The fourth-order valence-electron chi connectivity index (χ4n) is 1.27. The van der Waals surface area contributed by atoms with Gasteiger partial charge in [-0.3, -0.25) is 9.78 Å². The molecule has 0 aliphatic carbocycles. The van der Waals surface area contributed by atoms with Gasteiger partial charge in [0.2, 0.25) is 5.88 Å². The first kappa shape index (κ1) is 15.5. The number of alkyl halides is 4. The minimum atomic E-state index is -4.97. The van der Waals surface area contributed by atoms with Crippen LogP contribution in [0.5, 0.6) is 5.88 Å². The number of hydrogen-bond acceptors (Lipinski definition) is 4. The van der Waals surface area contributed by atoms with Crippen molar-refractivity contribution < 1.29 is 27.4 Å². The molecular weight excluding hydrogens is 335 g/mol. The third-order valence-electron chi connectivity index (χ3n) is 1.97. The Morgan fingerprint density at radius 2 is 2.11 bits per heavy atom. The van der Waals surface area contributed by atoms with E-state index in [0.29, 0.717) is 0 Å². The summed E-state index contributed by atoms with van der Waals surface area (Å²) in [5.41, 5.74) is -1.17. The first-order chi connectivity index (χ1) is 8.78. The lowest BCUT2D eigenvalue weighted by atomic mass is 10.1. The molecule has 106 valence electrons. The van der Waals surface area contributed by atoms with Crippen molar-refractivity contribution in [1.29, 1.82) is 0 Å². The number of carbonyl (C=O) groups is 1. The molecule has 0 aliphatic heterocycles. The van der Waals surface area contributed by atoms with E-state index in [1.54, 1.807) is 0 Å². The minimum Gasteiger partial charge on any atom is -0.462 e. The average Bonchev–Trinajstić information content (AvgIpc) is 2.26. The van der Waals surface area contributed by atoms with Gasteiger partial charge in [-0.1, -0.05) is 15.9 Å². The van der Waals surface area contributed by atoms with Crippen LogP contribution in [0.4, 0.5) is 13.2 Å². The Balaban J connectivity index is 3.26. The highest BCUT2D eigenvalue weighted by atomic mass is 79.9. The molecule has 19 heavy (non-hydrogen) atoms. The van der Waals surface area contributed by atoms with E-state index in [1.165, 1.54) is 6.92 Å². The van der Waals surface area contributed by atoms with Crippen LogP contribution in [0.25, 0.3) is 0 Å². The summed E-state index contributed by atoms with van der Waals surface area (Å²) in [5.74, 6) is -1.76. The molecule has 0 fully saturated rings. The average molecular weight is 344 g/mol. The number of halogens is 4. The van der Waals surface area contributed by atoms with Crippen molar-refractivity contribution in [2.75, 3.05) is 6.61 Å². The number of aromatic nitrogens is 1. The first-order valence-corrected chi connectivity index (χ1v) is 6.15. The van der Waals surface area contributed by atoms with Crippen molar-refractivity contribution in [2.24, 2.45) is 0 Å². The van der Waals surface area contributed by atoms with Crippen LogP contribution in [0.1, 0.15) is 22.8 Å². The summed E-state index contributed by atoms with van der Waals surface area (Å²) in [6, 6.07) is 0.781. The lowest BCUT2D eigenvalue weighted by Gasteiger charge is -2.11. The highest BCUT2D eigenvalue weighted by molar-refractivity contribution is 9.08. The minimum absolute atomic E-state index is 0.0111. The summed E-state index contributed by atoms with van der Waals surface area (Å²) >= 11 is 2.97. The van der Waals surface area contributed by atoms with E-state index in [2.05, 4.69) is 25.4 Å². The predicted octanol–water partition coefficient (Wildman–Crippen LogP) is 2.35. The normalized spacial score (nSPS) is 11.2. The van der Waals surface area contributed by atoms with Gasteiger partial charge in [0.05, 0.1) is 12.2 Å². The van der Waals surface area contributed by atoms with E-state index in [0.717, 1.165) is 6.07 Å². The fraction of sp³-hybridized carbons (Fsp3) is 0.400. The van der Waals surface area contributed by atoms with Crippen molar-refractivity contribution in [1.82, 2.24) is 4.98 Å². The molecule has 0 bridgehead atoms. The molecule has 1 aromatic rings. The Bertz CT molecular complexity index is 526. The van der Waals surface area contributed by atoms with Gasteiger partial charge in [-0.2, -0.15) is 0 Å². The van der Waals surface area contributed by atoms with Gasteiger partial charge in [0, 0.05) is 17.0 Å². The summed E-state index contributed by atoms with van der Waals surface area (Å²) in [6.07, 6.45) is -4.97. The summed E-state index contributed by atoms with van der Waals surface area (Å²) in [4.78, 5) is 25.0. The molecule has 0 spiro atoms. The summed E-state index contributed by atoms with van der Waals surface area (Å²) < 4.78 is 44.4. The van der Waals surface area contributed by atoms with Crippen LogP contribution in [-0.4, -0.2) is 23.9 Å². The van der Waals surface area contributed by atoms with Gasteiger partial charge in [-0.05, 0) is 6.92 Å². The highest BCUT2D eigenvalue weighted by Gasteiger charge is 2.32. The zero-order chi connectivity index (χ0) is 14.6. The van der Waals surface area contributed by atoms with Crippen LogP contribution in [0, 0.1) is 0 Å². The second-order valence-corrected chi connectivity index (χ2v) is 3.82. The number of carbonyl (C=O) groups excluding carboxylic acids is 1. The summed E-state index contributed by atoms with van der Waals surface area (Å²) in [5, 5.41) is -0.0111. The van der Waals surface area contributed by atoms with Crippen LogP contribution in [0.2, 0.25) is 0 Å². The smallest absolute Gasteiger partial charge is 0.462 e. The number of aromatic amines is 1. The molecule has 0 aromatic carbocycles. The van der Waals surface area contributed by atoms with Gasteiger partial charge in [0.1, 0.15) is 0 Å².